The van der Waals surface area contributed by atoms with Crippen molar-refractivity contribution in [2.75, 3.05) is 27.2 Å². The van der Waals surface area contributed by atoms with E-state index in [9.17, 15) is 9.18 Å². The van der Waals surface area contributed by atoms with Crippen molar-refractivity contribution in [1.29, 1.82) is 0 Å². The molecule has 1 rings (SSSR count). The van der Waals surface area contributed by atoms with Crippen LogP contribution in [0.25, 0.3) is 0 Å². The van der Waals surface area contributed by atoms with Crippen LogP contribution in [-0.4, -0.2) is 39.1 Å². The van der Waals surface area contributed by atoms with Crippen molar-refractivity contribution < 1.29 is 9.18 Å². The van der Waals surface area contributed by atoms with Crippen LogP contribution in [0, 0.1) is 12.7 Å². The lowest BCUT2D eigenvalue weighted by Gasteiger charge is -2.09. The van der Waals surface area contributed by atoms with E-state index in [0.717, 1.165) is 0 Å². The van der Waals surface area contributed by atoms with Crippen LogP contribution in [0.5, 0.6) is 0 Å². The second kappa shape index (κ2) is 9.51. The number of aliphatic imine (C=N–C) groups is 1. The molecular formula is C13H20FIN4O. The molecule has 0 spiro atoms. The molecule has 0 saturated carbocycles. The normalized spacial score (nSPS) is 10.5. The summed E-state index contributed by atoms with van der Waals surface area (Å²) in [5.74, 6) is -0.0165. The number of guanidine groups is 1. The van der Waals surface area contributed by atoms with Gasteiger partial charge in [0, 0.05) is 32.7 Å². The number of carbonyl (C=O) groups excluding carboxylic acids is 1. The van der Waals surface area contributed by atoms with Gasteiger partial charge in [0.25, 0.3) is 5.91 Å². The van der Waals surface area contributed by atoms with Crippen molar-refractivity contribution in [3.8, 4) is 0 Å². The van der Waals surface area contributed by atoms with Crippen LogP contribution >= 0.6 is 24.0 Å². The molecule has 0 aromatic heterocycles. The van der Waals surface area contributed by atoms with E-state index in [1.807, 2.05) is 0 Å². The number of hydrogen-bond donors (Lipinski definition) is 3. The monoisotopic (exact) mass is 394 g/mol. The first-order valence-electron chi connectivity index (χ1n) is 6.01. The van der Waals surface area contributed by atoms with Crippen LogP contribution in [-0.2, 0) is 0 Å². The first-order chi connectivity index (χ1) is 9.08. The molecule has 20 heavy (non-hydrogen) atoms. The average Bonchev–Trinajstić information content (AvgIpc) is 2.42. The average molecular weight is 394 g/mol. The van der Waals surface area contributed by atoms with E-state index in [4.69, 9.17) is 0 Å². The molecule has 0 unspecified atom stereocenters. The maximum atomic E-state index is 13.3. The van der Waals surface area contributed by atoms with Crippen LogP contribution in [0.1, 0.15) is 15.9 Å². The molecule has 0 fully saturated rings. The molecule has 1 amide bonds. The third-order valence-corrected chi connectivity index (χ3v) is 2.60. The van der Waals surface area contributed by atoms with E-state index in [-0.39, 0.29) is 35.7 Å². The Kier molecular flexibility index (Phi) is 8.86. The Labute approximate surface area is 135 Å². The lowest BCUT2D eigenvalue weighted by Crippen LogP contribution is -2.39. The minimum Gasteiger partial charge on any atom is -0.359 e. The number of benzene rings is 1. The summed E-state index contributed by atoms with van der Waals surface area (Å²) in [6, 6.07) is 4.43. The Bertz CT molecular complexity index is 479. The van der Waals surface area contributed by atoms with Crippen molar-refractivity contribution in [3.63, 3.8) is 0 Å². The summed E-state index contributed by atoms with van der Waals surface area (Å²) in [4.78, 5) is 15.7. The van der Waals surface area contributed by atoms with Gasteiger partial charge in [-0.25, -0.2) is 4.39 Å². The third kappa shape index (κ3) is 5.72. The zero-order valence-electron chi connectivity index (χ0n) is 11.8. The summed E-state index contributed by atoms with van der Waals surface area (Å²) in [5.41, 5.74) is 0.845. The van der Waals surface area contributed by atoms with Gasteiger partial charge in [-0.1, -0.05) is 6.07 Å². The van der Waals surface area contributed by atoms with Gasteiger partial charge in [0.05, 0.1) is 0 Å². The molecule has 0 bridgehead atoms. The molecule has 7 heteroatoms. The number of amides is 1. The molecule has 112 valence electrons. The SMILES string of the molecule is CN=C(NC)NCCNC(=O)c1ccc(C)c(F)c1.I. The third-order valence-electron chi connectivity index (χ3n) is 2.60. The van der Waals surface area contributed by atoms with Crippen LogP contribution in [0.3, 0.4) is 0 Å². The summed E-state index contributed by atoms with van der Waals surface area (Å²) in [5, 5.41) is 8.56. The summed E-state index contributed by atoms with van der Waals surface area (Å²) >= 11 is 0. The van der Waals surface area contributed by atoms with Crippen molar-refractivity contribution in [1.82, 2.24) is 16.0 Å². The largest absolute Gasteiger partial charge is 0.359 e. The fraction of sp³-hybridized carbons (Fsp3) is 0.385. The molecule has 1 aromatic rings. The minimum absolute atomic E-state index is 0. The van der Waals surface area contributed by atoms with Crippen LogP contribution < -0.4 is 16.0 Å². The van der Waals surface area contributed by atoms with Crippen molar-refractivity contribution >= 4 is 35.8 Å². The molecule has 0 aliphatic heterocycles. The van der Waals surface area contributed by atoms with E-state index in [1.54, 1.807) is 33.2 Å². The van der Waals surface area contributed by atoms with Crippen molar-refractivity contribution in [2.45, 2.75) is 6.92 Å². The number of halogens is 2. The Hall–Kier alpha value is -1.38. The van der Waals surface area contributed by atoms with Gasteiger partial charge in [0.2, 0.25) is 0 Å². The predicted molar refractivity (Wildman–Crippen MR) is 89.3 cm³/mol. The van der Waals surface area contributed by atoms with Crippen LogP contribution in [0.2, 0.25) is 0 Å². The van der Waals surface area contributed by atoms with E-state index in [1.165, 1.54) is 6.07 Å². The van der Waals surface area contributed by atoms with E-state index < -0.39 is 0 Å². The molecule has 0 aliphatic rings. The number of rotatable bonds is 4. The van der Waals surface area contributed by atoms with Gasteiger partial charge in [0.1, 0.15) is 5.82 Å². The molecule has 0 heterocycles. The highest BCUT2D eigenvalue weighted by molar-refractivity contribution is 14.0. The Morgan fingerprint density at radius 3 is 2.50 bits per heavy atom. The second-order valence-electron chi connectivity index (χ2n) is 3.97. The molecule has 3 N–H and O–H groups in total. The van der Waals surface area contributed by atoms with E-state index in [2.05, 4.69) is 20.9 Å². The highest BCUT2D eigenvalue weighted by Gasteiger charge is 2.07. The number of carbonyl (C=O) groups is 1. The van der Waals surface area contributed by atoms with Gasteiger partial charge in [0.15, 0.2) is 5.96 Å². The number of nitrogens with zero attached hydrogens (tertiary/aromatic N) is 1. The Morgan fingerprint density at radius 1 is 1.30 bits per heavy atom. The van der Waals surface area contributed by atoms with Gasteiger partial charge in [-0.05, 0) is 24.6 Å². The fourth-order valence-electron chi connectivity index (χ4n) is 1.47. The lowest BCUT2D eigenvalue weighted by molar-refractivity contribution is 0.0954. The first-order valence-corrected chi connectivity index (χ1v) is 6.01. The standard InChI is InChI=1S/C13H19FN4O.HI/c1-9-4-5-10(8-11(9)14)12(19)17-6-7-18-13(15-2)16-3;/h4-5,8H,6-7H2,1-3H3,(H,17,19)(H2,15,16,18);1H. The molecule has 0 atom stereocenters. The van der Waals surface area contributed by atoms with Gasteiger partial charge in [-0.15, -0.1) is 24.0 Å². The van der Waals surface area contributed by atoms with E-state index in [0.29, 0.717) is 30.2 Å². The smallest absolute Gasteiger partial charge is 0.251 e. The predicted octanol–water partition coefficient (Wildman–Crippen LogP) is 1.28. The maximum Gasteiger partial charge on any atom is 0.251 e. The van der Waals surface area contributed by atoms with Gasteiger partial charge >= 0.3 is 0 Å². The fourth-order valence-corrected chi connectivity index (χ4v) is 1.47. The van der Waals surface area contributed by atoms with Crippen molar-refractivity contribution in [3.05, 3.63) is 35.1 Å². The quantitative estimate of drug-likeness (QED) is 0.312. The molecule has 1 aromatic carbocycles. The maximum absolute atomic E-state index is 13.3. The molecular weight excluding hydrogens is 374 g/mol. The highest BCUT2D eigenvalue weighted by atomic mass is 127. The summed E-state index contributed by atoms with van der Waals surface area (Å²) in [6.07, 6.45) is 0. The van der Waals surface area contributed by atoms with Gasteiger partial charge in [-0.2, -0.15) is 0 Å². The van der Waals surface area contributed by atoms with Crippen LogP contribution in [0.15, 0.2) is 23.2 Å². The zero-order chi connectivity index (χ0) is 14.3. The van der Waals surface area contributed by atoms with Crippen molar-refractivity contribution in [2.24, 2.45) is 4.99 Å². The minimum atomic E-state index is -0.374. The summed E-state index contributed by atoms with van der Waals surface area (Å²) < 4.78 is 13.3. The van der Waals surface area contributed by atoms with E-state index >= 15 is 0 Å². The topological polar surface area (TPSA) is 65.5 Å². The Morgan fingerprint density at radius 2 is 1.95 bits per heavy atom. The summed E-state index contributed by atoms with van der Waals surface area (Å²) in [6.45, 7) is 2.62. The lowest BCUT2D eigenvalue weighted by atomic mass is 10.1. The molecule has 0 aliphatic carbocycles. The molecule has 0 saturated heterocycles. The molecule has 5 nitrogen and oxygen atoms in total. The zero-order valence-corrected chi connectivity index (χ0v) is 14.1. The molecule has 0 radical (unpaired) electrons. The first kappa shape index (κ1) is 18.6. The Balaban J connectivity index is 0.00000361. The summed E-state index contributed by atoms with van der Waals surface area (Å²) in [7, 11) is 3.41. The second-order valence-corrected chi connectivity index (χ2v) is 3.97. The number of nitrogens with one attached hydrogen (secondary N) is 3. The van der Waals surface area contributed by atoms with Gasteiger partial charge < -0.3 is 16.0 Å². The number of aryl methyl sites for hydroxylation is 1. The highest BCUT2D eigenvalue weighted by Crippen LogP contribution is 2.08. The van der Waals surface area contributed by atoms with Crippen LogP contribution in [0.4, 0.5) is 4.39 Å². The van der Waals surface area contributed by atoms with Gasteiger partial charge in [-0.3, -0.25) is 9.79 Å². The number of hydrogen-bond acceptors (Lipinski definition) is 2.